The predicted molar refractivity (Wildman–Crippen MR) is 70.9 cm³/mol. The molecule has 0 aromatic carbocycles. The summed E-state index contributed by atoms with van der Waals surface area (Å²) in [5.74, 6) is -0.855. The molecule has 0 bridgehead atoms. The normalized spacial score (nSPS) is 26.3. The van der Waals surface area contributed by atoms with Crippen molar-refractivity contribution in [3.05, 3.63) is 0 Å². The topological polar surface area (TPSA) is 87.7 Å². The van der Waals surface area contributed by atoms with Gasteiger partial charge in [-0.2, -0.15) is 0 Å². The molecule has 0 spiro atoms. The van der Waals surface area contributed by atoms with Crippen molar-refractivity contribution in [3.8, 4) is 0 Å². The van der Waals surface area contributed by atoms with Crippen molar-refractivity contribution in [3.63, 3.8) is 0 Å². The van der Waals surface area contributed by atoms with Crippen molar-refractivity contribution < 1.29 is 19.4 Å². The fraction of sp³-hybridized carbons (Fsp3) is 0.846. The van der Waals surface area contributed by atoms with Gasteiger partial charge in [0.25, 0.3) is 0 Å². The number of carboxylic acid groups (broad SMARTS) is 1. The third kappa shape index (κ3) is 4.70. The van der Waals surface area contributed by atoms with Crippen LogP contribution < -0.4 is 10.6 Å². The highest BCUT2D eigenvalue weighted by molar-refractivity contribution is 5.82. The molecule has 6 heteroatoms. The van der Waals surface area contributed by atoms with E-state index < -0.39 is 18.0 Å². The van der Waals surface area contributed by atoms with E-state index in [0.29, 0.717) is 19.6 Å². The van der Waals surface area contributed by atoms with Crippen LogP contribution in [-0.2, 0) is 9.53 Å². The van der Waals surface area contributed by atoms with Gasteiger partial charge in [-0.1, -0.05) is 27.2 Å². The number of hydrogen-bond donors (Lipinski definition) is 3. The highest BCUT2D eigenvalue weighted by atomic mass is 16.5. The minimum Gasteiger partial charge on any atom is -0.480 e. The molecule has 4 atom stereocenters. The van der Waals surface area contributed by atoms with Crippen LogP contribution in [0.3, 0.4) is 0 Å². The van der Waals surface area contributed by atoms with E-state index in [1.807, 2.05) is 20.8 Å². The molecule has 110 valence electrons. The fourth-order valence-corrected chi connectivity index (χ4v) is 2.13. The third-order valence-corrected chi connectivity index (χ3v) is 3.72. The number of carbonyl (C=O) groups excluding carboxylic acids is 1. The quantitative estimate of drug-likeness (QED) is 0.702. The maximum Gasteiger partial charge on any atom is 0.326 e. The highest BCUT2D eigenvalue weighted by Crippen LogP contribution is 2.14. The van der Waals surface area contributed by atoms with Gasteiger partial charge in [0.15, 0.2) is 0 Å². The van der Waals surface area contributed by atoms with Crippen LogP contribution in [0.2, 0.25) is 0 Å². The average molecular weight is 272 g/mol. The first-order chi connectivity index (χ1) is 8.95. The van der Waals surface area contributed by atoms with Crippen molar-refractivity contribution in [1.29, 1.82) is 0 Å². The first-order valence-corrected chi connectivity index (χ1v) is 6.83. The number of aliphatic carboxylic acids is 1. The van der Waals surface area contributed by atoms with Gasteiger partial charge in [-0.05, 0) is 18.3 Å². The van der Waals surface area contributed by atoms with E-state index in [4.69, 9.17) is 9.84 Å². The lowest BCUT2D eigenvalue weighted by atomic mass is 9.97. The Hall–Kier alpha value is -1.30. The van der Waals surface area contributed by atoms with Crippen LogP contribution in [0.5, 0.6) is 0 Å². The van der Waals surface area contributed by atoms with E-state index in [1.54, 1.807) is 0 Å². The molecule has 0 aromatic heterocycles. The van der Waals surface area contributed by atoms with E-state index in [2.05, 4.69) is 10.6 Å². The van der Waals surface area contributed by atoms with Crippen molar-refractivity contribution >= 4 is 12.0 Å². The zero-order chi connectivity index (χ0) is 14.4. The molecule has 1 aliphatic rings. The van der Waals surface area contributed by atoms with Crippen LogP contribution in [0.25, 0.3) is 0 Å². The molecule has 6 nitrogen and oxygen atoms in total. The SMILES string of the molecule is CC[C@H](C)[C@H](NC(=O)NC1CCOCC1C)C(=O)O. The molecule has 2 unspecified atom stereocenters. The summed E-state index contributed by atoms with van der Waals surface area (Å²) in [5.41, 5.74) is 0. The maximum absolute atomic E-state index is 11.9. The molecule has 1 heterocycles. The van der Waals surface area contributed by atoms with Gasteiger partial charge >= 0.3 is 12.0 Å². The van der Waals surface area contributed by atoms with Crippen LogP contribution in [0.15, 0.2) is 0 Å². The van der Waals surface area contributed by atoms with E-state index >= 15 is 0 Å². The standard InChI is InChI=1S/C13H24N2O4/c1-4-8(2)11(12(16)17)15-13(18)14-10-5-6-19-7-9(10)3/h8-11H,4-7H2,1-3H3,(H,16,17)(H2,14,15,18)/t8-,9?,10?,11-/m0/s1. The number of nitrogens with one attached hydrogen (secondary N) is 2. The Morgan fingerprint density at radius 1 is 1.47 bits per heavy atom. The number of rotatable bonds is 5. The highest BCUT2D eigenvalue weighted by Gasteiger charge is 2.28. The minimum atomic E-state index is -0.996. The molecule has 0 aromatic rings. The van der Waals surface area contributed by atoms with E-state index in [9.17, 15) is 9.59 Å². The fourth-order valence-electron chi connectivity index (χ4n) is 2.13. The summed E-state index contributed by atoms with van der Waals surface area (Å²) in [6, 6.07) is -1.22. The molecule has 1 saturated heterocycles. The van der Waals surface area contributed by atoms with Crippen LogP contribution in [0.4, 0.5) is 4.79 Å². The summed E-state index contributed by atoms with van der Waals surface area (Å²) in [4.78, 5) is 23.0. The molecule has 2 amide bonds. The lowest BCUT2D eigenvalue weighted by molar-refractivity contribution is -0.140. The largest absolute Gasteiger partial charge is 0.480 e. The zero-order valence-electron chi connectivity index (χ0n) is 11.8. The van der Waals surface area contributed by atoms with E-state index in [1.165, 1.54) is 0 Å². The third-order valence-electron chi connectivity index (χ3n) is 3.72. The summed E-state index contributed by atoms with van der Waals surface area (Å²) in [5, 5.41) is 14.5. The van der Waals surface area contributed by atoms with Gasteiger partial charge in [-0.15, -0.1) is 0 Å². The number of hydrogen-bond acceptors (Lipinski definition) is 3. The average Bonchev–Trinajstić information content (AvgIpc) is 2.37. The van der Waals surface area contributed by atoms with E-state index in [0.717, 1.165) is 6.42 Å². The van der Waals surface area contributed by atoms with Crippen LogP contribution in [0, 0.1) is 11.8 Å². The van der Waals surface area contributed by atoms with E-state index in [-0.39, 0.29) is 17.9 Å². The molecule has 1 fully saturated rings. The second-order valence-electron chi connectivity index (χ2n) is 5.27. The molecular formula is C13H24N2O4. The number of urea groups is 1. The zero-order valence-corrected chi connectivity index (χ0v) is 11.8. The summed E-state index contributed by atoms with van der Waals surface area (Å²) >= 11 is 0. The van der Waals surface area contributed by atoms with Crippen molar-refractivity contribution in [2.75, 3.05) is 13.2 Å². The van der Waals surface area contributed by atoms with Gasteiger partial charge in [-0.25, -0.2) is 9.59 Å². The van der Waals surface area contributed by atoms with Gasteiger partial charge < -0.3 is 20.5 Å². The Balaban J connectivity index is 2.50. The first kappa shape index (κ1) is 15.8. The van der Waals surface area contributed by atoms with Crippen molar-refractivity contribution in [2.24, 2.45) is 11.8 Å². The second-order valence-corrected chi connectivity index (χ2v) is 5.27. The second kappa shape index (κ2) is 7.33. The van der Waals surface area contributed by atoms with Crippen LogP contribution in [-0.4, -0.2) is 42.4 Å². The summed E-state index contributed by atoms with van der Waals surface area (Å²) < 4.78 is 5.30. The minimum absolute atomic E-state index is 0.0418. The van der Waals surface area contributed by atoms with Gasteiger partial charge in [0.05, 0.1) is 6.61 Å². The van der Waals surface area contributed by atoms with Gasteiger partial charge in [-0.3, -0.25) is 0 Å². The van der Waals surface area contributed by atoms with Crippen LogP contribution >= 0.6 is 0 Å². The molecule has 3 N–H and O–H groups in total. The molecule has 19 heavy (non-hydrogen) atoms. The number of carboxylic acids is 1. The van der Waals surface area contributed by atoms with Gasteiger partial charge in [0.2, 0.25) is 0 Å². The lowest BCUT2D eigenvalue weighted by Gasteiger charge is -2.30. The number of ether oxygens (including phenoxy) is 1. The Bertz CT molecular complexity index is 322. The molecule has 0 aliphatic carbocycles. The summed E-state index contributed by atoms with van der Waals surface area (Å²) in [7, 11) is 0. The summed E-state index contributed by atoms with van der Waals surface area (Å²) in [6.45, 7) is 6.98. The Morgan fingerprint density at radius 2 is 2.16 bits per heavy atom. The molecular weight excluding hydrogens is 248 g/mol. The monoisotopic (exact) mass is 272 g/mol. The van der Waals surface area contributed by atoms with Crippen LogP contribution in [0.1, 0.15) is 33.6 Å². The Kier molecular flexibility index (Phi) is 6.08. The Morgan fingerprint density at radius 3 is 2.68 bits per heavy atom. The molecule has 1 aliphatic heterocycles. The molecule has 1 rings (SSSR count). The van der Waals surface area contributed by atoms with Gasteiger partial charge in [0.1, 0.15) is 6.04 Å². The van der Waals surface area contributed by atoms with Crippen molar-refractivity contribution in [1.82, 2.24) is 10.6 Å². The summed E-state index contributed by atoms with van der Waals surface area (Å²) in [6.07, 6.45) is 1.46. The van der Waals surface area contributed by atoms with Gasteiger partial charge in [0, 0.05) is 12.6 Å². The molecule has 0 radical (unpaired) electrons. The number of carbonyl (C=O) groups is 2. The van der Waals surface area contributed by atoms with Crippen molar-refractivity contribution in [2.45, 2.75) is 45.7 Å². The number of amides is 2. The first-order valence-electron chi connectivity index (χ1n) is 6.83. The smallest absolute Gasteiger partial charge is 0.326 e. The maximum atomic E-state index is 11.9. The predicted octanol–water partition coefficient (Wildman–Crippen LogP) is 1.21. The lowest BCUT2D eigenvalue weighted by Crippen LogP contribution is -2.53. The Labute approximate surface area is 113 Å². The molecule has 0 saturated carbocycles.